The molecule has 186 valence electrons. The lowest BCUT2D eigenvalue weighted by Crippen LogP contribution is -2.58. The maximum Gasteiger partial charge on any atom is 0.326 e. The summed E-state index contributed by atoms with van der Waals surface area (Å²) in [6.07, 6.45) is -2.30. The highest BCUT2D eigenvalue weighted by Gasteiger charge is 2.30. The molecule has 33 heavy (non-hydrogen) atoms. The summed E-state index contributed by atoms with van der Waals surface area (Å²) in [5.74, 6) is -8.27. The van der Waals surface area contributed by atoms with Crippen LogP contribution in [0.5, 0.6) is 0 Å². The minimum atomic E-state index is -1.66. The van der Waals surface area contributed by atoms with Crippen molar-refractivity contribution >= 4 is 54.2 Å². The van der Waals surface area contributed by atoms with Gasteiger partial charge in [0.2, 0.25) is 23.6 Å². The number of carboxylic acid groups (broad SMARTS) is 3. The lowest BCUT2D eigenvalue weighted by atomic mass is 10.1. The fourth-order valence-electron chi connectivity index (χ4n) is 2.37. The molecule has 10 N–H and O–H groups in total. The fourth-order valence-corrected chi connectivity index (χ4v) is 2.62. The van der Waals surface area contributed by atoms with Crippen molar-refractivity contribution in [2.75, 3.05) is 5.75 Å². The van der Waals surface area contributed by atoms with E-state index in [0.717, 1.165) is 0 Å². The van der Waals surface area contributed by atoms with Crippen LogP contribution in [-0.4, -0.2) is 86.8 Å². The molecule has 0 aromatic heterocycles. The largest absolute Gasteiger partial charge is 0.481 e. The molecule has 16 heteroatoms. The van der Waals surface area contributed by atoms with Crippen molar-refractivity contribution in [3.8, 4) is 0 Å². The van der Waals surface area contributed by atoms with Crippen LogP contribution in [0.1, 0.15) is 32.1 Å². The van der Waals surface area contributed by atoms with Crippen molar-refractivity contribution in [1.82, 2.24) is 16.0 Å². The Labute approximate surface area is 193 Å². The molecule has 0 rings (SSSR count). The van der Waals surface area contributed by atoms with Gasteiger partial charge in [0.05, 0.1) is 12.5 Å². The molecule has 4 unspecified atom stereocenters. The van der Waals surface area contributed by atoms with E-state index in [1.165, 1.54) is 0 Å². The molecule has 0 bridgehead atoms. The van der Waals surface area contributed by atoms with Crippen LogP contribution in [0.25, 0.3) is 0 Å². The Morgan fingerprint density at radius 3 is 1.64 bits per heavy atom. The van der Waals surface area contributed by atoms with Gasteiger partial charge >= 0.3 is 17.9 Å². The van der Waals surface area contributed by atoms with E-state index in [1.54, 1.807) is 0 Å². The molecule has 15 nitrogen and oxygen atoms in total. The van der Waals surface area contributed by atoms with Crippen LogP contribution >= 0.6 is 12.6 Å². The predicted molar refractivity (Wildman–Crippen MR) is 113 cm³/mol. The molecule has 0 heterocycles. The highest BCUT2D eigenvalue weighted by molar-refractivity contribution is 7.80. The molecule has 0 radical (unpaired) electrons. The number of hydrogen-bond donors (Lipinski definition) is 9. The zero-order valence-electron chi connectivity index (χ0n) is 17.4. The summed E-state index contributed by atoms with van der Waals surface area (Å²) in [7, 11) is 0. The third-order valence-electron chi connectivity index (χ3n) is 4.12. The van der Waals surface area contributed by atoms with Crippen LogP contribution < -0.4 is 27.4 Å². The first-order valence-electron chi connectivity index (χ1n) is 9.50. The van der Waals surface area contributed by atoms with Crippen LogP contribution in [0.2, 0.25) is 0 Å². The number of amides is 4. The Morgan fingerprint density at radius 2 is 1.18 bits per heavy atom. The van der Waals surface area contributed by atoms with E-state index in [-0.39, 0.29) is 18.6 Å². The highest BCUT2D eigenvalue weighted by atomic mass is 32.1. The number of carbonyl (C=O) groups is 7. The third kappa shape index (κ3) is 12.3. The summed E-state index contributed by atoms with van der Waals surface area (Å²) in [4.78, 5) is 80.7. The fraction of sp³-hybridized carbons (Fsp3) is 0.588. The lowest BCUT2D eigenvalue weighted by molar-refractivity contribution is -0.143. The van der Waals surface area contributed by atoms with Crippen LogP contribution in [0, 0.1) is 0 Å². The monoisotopic (exact) mass is 493 g/mol. The van der Waals surface area contributed by atoms with Gasteiger partial charge in [-0.1, -0.05) is 0 Å². The second-order valence-electron chi connectivity index (χ2n) is 6.85. The quantitative estimate of drug-likeness (QED) is 0.0947. The first-order chi connectivity index (χ1) is 15.3. The minimum absolute atomic E-state index is 0.244. The molecule has 0 spiro atoms. The molecule has 0 aromatic carbocycles. The number of primary amides is 1. The molecule has 0 aliphatic rings. The van der Waals surface area contributed by atoms with Gasteiger partial charge in [0.1, 0.15) is 18.1 Å². The number of carbonyl (C=O) groups excluding carboxylic acids is 4. The molecule has 0 saturated heterocycles. The highest BCUT2D eigenvalue weighted by Crippen LogP contribution is 2.03. The van der Waals surface area contributed by atoms with Crippen LogP contribution in [-0.2, 0) is 33.6 Å². The SMILES string of the molecule is NC(=O)CC(NC(=O)C(CS)NC(=O)C(CCC(=O)O)NC(=O)C(N)CCC(=O)O)C(=O)O. The van der Waals surface area contributed by atoms with Gasteiger partial charge in [-0.05, 0) is 12.8 Å². The summed E-state index contributed by atoms with van der Waals surface area (Å²) in [6.45, 7) is 0. The zero-order chi connectivity index (χ0) is 25.7. The smallest absolute Gasteiger partial charge is 0.326 e. The van der Waals surface area contributed by atoms with Crippen molar-refractivity contribution in [3.05, 3.63) is 0 Å². The van der Waals surface area contributed by atoms with Gasteiger partial charge < -0.3 is 42.7 Å². The first kappa shape index (κ1) is 29.6. The summed E-state index contributed by atoms with van der Waals surface area (Å²) in [5, 5.41) is 33.0. The van der Waals surface area contributed by atoms with Gasteiger partial charge in [0, 0.05) is 18.6 Å². The normalized spacial score (nSPS) is 14.1. The minimum Gasteiger partial charge on any atom is -0.481 e. The van der Waals surface area contributed by atoms with Crippen molar-refractivity contribution < 1.29 is 48.9 Å². The predicted octanol–water partition coefficient (Wildman–Crippen LogP) is -3.61. The number of carboxylic acids is 3. The van der Waals surface area contributed by atoms with E-state index in [9.17, 15) is 33.6 Å². The van der Waals surface area contributed by atoms with E-state index >= 15 is 0 Å². The topological polar surface area (TPSA) is 268 Å². The standard InChI is InChI=1S/C17H27N5O10S/c18-7(1-3-12(24)25)14(28)20-8(2-4-13(26)27)15(29)22-10(6-33)16(30)21-9(17(31)32)5-11(19)23/h7-10,33H,1-6,18H2,(H2,19,23)(H,20,28)(H,21,30)(H,22,29)(H,24,25)(H,26,27)(H,31,32). The molecule has 0 aliphatic heterocycles. The molecule has 0 fully saturated rings. The number of hydrogen-bond acceptors (Lipinski definition) is 9. The van der Waals surface area contributed by atoms with Gasteiger partial charge in [-0.15, -0.1) is 0 Å². The number of rotatable bonds is 16. The second-order valence-corrected chi connectivity index (χ2v) is 7.21. The summed E-state index contributed by atoms with van der Waals surface area (Å²) >= 11 is 3.90. The summed E-state index contributed by atoms with van der Waals surface area (Å²) in [6, 6.07) is -5.83. The molecular formula is C17H27N5O10S. The van der Waals surface area contributed by atoms with Gasteiger partial charge in [0.25, 0.3) is 0 Å². The number of thiol groups is 1. The molecule has 0 aromatic rings. The second kappa shape index (κ2) is 14.6. The Kier molecular flexibility index (Phi) is 13.1. The zero-order valence-corrected chi connectivity index (χ0v) is 18.2. The van der Waals surface area contributed by atoms with Gasteiger partial charge in [-0.25, -0.2) is 4.79 Å². The lowest BCUT2D eigenvalue weighted by Gasteiger charge is -2.24. The van der Waals surface area contributed by atoms with Gasteiger partial charge in [-0.3, -0.25) is 28.8 Å². The Morgan fingerprint density at radius 1 is 0.727 bits per heavy atom. The van der Waals surface area contributed by atoms with Gasteiger partial charge in [0.15, 0.2) is 0 Å². The molecule has 0 aliphatic carbocycles. The van der Waals surface area contributed by atoms with E-state index in [0.29, 0.717) is 0 Å². The Hall–Kier alpha value is -3.40. The van der Waals surface area contributed by atoms with Gasteiger partial charge in [-0.2, -0.15) is 12.6 Å². The molecule has 0 saturated carbocycles. The Balaban J connectivity index is 5.31. The van der Waals surface area contributed by atoms with E-state index in [1.807, 2.05) is 5.32 Å². The first-order valence-corrected chi connectivity index (χ1v) is 10.1. The van der Waals surface area contributed by atoms with Crippen LogP contribution in [0.4, 0.5) is 0 Å². The molecular weight excluding hydrogens is 466 g/mol. The van der Waals surface area contributed by atoms with Crippen molar-refractivity contribution in [3.63, 3.8) is 0 Å². The van der Waals surface area contributed by atoms with Crippen LogP contribution in [0.3, 0.4) is 0 Å². The average Bonchev–Trinajstić information content (AvgIpc) is 2.71. The summed E-state index contributed by atoms with van der Waals surface area (Å²) < 4.78 is 0. The van der Waals surface area contributed by atoms with Crippen molar-refractivity contribution in [2.45, 2.75) is 56.3 Å². The number of aliphatic carboxylic acids is 3. The van der Waals surface area contributed by atoms with Crippen molar-refractivity contribution in [1.29, 1.82) is 0 Å². The van der Waals surface area contributed by atoms with E-state index in [4.69, 9.17) is 26.8 Å². The Bertz CT molecular complexity index is 777. The molecule has 4 amide bonds. The van der Waals surface area contributed by atoms with Crippen molar-refractivity contribution in [2.24, 2.45) is 11.5 Å². The summed E-state index contributed by atoms with van der Waals surface area (Å²) in [5.41, 5.74) is 10.5. The van der Waals surface area contributed by atoms with E-state index < -0.39 is 85.0 Å². The maximum absolute atomic E-state index is 12.6. The molecule has 4 atom stereocenters. The third-order valence-corrected chi connectivity index (χ3v) is 4.49. The van der Waals surface area contributed by atoms with E-state index in [2.05, 4.69) is 23.3 Å². The van der Waals surface area contributed by atoms with Crippen LogP contribution in [0.15, 0.2) is 0 Å². The number of nitrogens with two attached hydrogens (primary N) is 2. The number of nitrogens with one attached hydrogen (secondary N) is 3. The maximum atomic E-state index is 12.6. The average molecular weight is 493 g/mol.